The van der Waals surface area contributed by atoms with Crippen LogP contribution >= 0.6 is 0 Å². The molecule has 31 heavy (non-hydrogen) atoms. The number of nitro groups is 1. The summed E-state index contributed by atoms with van der Waals surface area (Å²) in [6, 6.07) is 14.5. The molecule has 0 atom stereocenters. The highest BCUT2D eigenvalue weighted by molar-refractivity contribution is 5.90. The Bertz CT molecular complexity index is 1120. The number of benzene rings is 2. The molecule has 158 valence electrons. The Kier molecular flexibility index (Phi) is 5.74. The van der Waals surface area contributed by atoms with E-state index in [0.29, 0.717) is 24.3 Å². The summed E-state index contributed by atoms with van der Waals surface area (Å²) >= 11 is 0. The number of anilines is 3. The second-order valence-electron chi connectivity index (χ2n) is 7.01. The first kappa shape index (κ1) is 20.3. The molecule has 0 saturated heterocycles. The number of nitrogens with zero attached hydrogens (tertiary/aromatic N) is 4. The van der Waals surface area contributed by atoms with Crippen LogP contribution in [0.2, 0.25) is 0 Å². The average Bonchev–Trinajstić information content (AvgIpc) is 2.79. The Morgan fingerprint density at radius 3 is 2.61 bits per heavy atom. The smallest absolute Gasteiger partial charge is 0.353 e. The molecule has 3 aromatic rings. The Labute approximate surface area is 178 Å². The Morgan fingerprint density at radius 1 is 1.16 bits per heavy atom. The fourth-order valence-corrected chi connectivity index (χ4v) is 3.58. The van der Waals surface area contributed by atoms with Crippen LogP contribution in [-0.4, -0.2) is 34.0 Å². The minimum atomic E-state index is -0.467. The molecule has 1 N–H and O–H groups in total. The lowest BCUT2D eigenvalue weighted by Crippen LogP contribution is -2.31. The first-order valence-corrected chi connectivity index (χ1v) is 9.92. The molecule has 0 saturated carbocycles. The van der Waals surface area contributed by atoms with Gasteiger partial charge in [-0.05, 0) is 48.7 Å². The van der Waals surface area contributed by atoms with Crippen molar-refractivity contribution in [2.45, 2.75) is 19.9 Å². The van der Waals surface area contributed by atoms with Gasteiger partial charge in [0.25, 0.3) is 0 Å². The fraction of sp³-hybridized carbons (Fsp3) is 0.227. The second-order valence-corrected chi connectivity index (χ2v) is 7.01. The zero-order valence-electron chi connectivity index (χ0n) is 16.9. The Morgan fingerprint density at radius 2 is 1.90 bits per heavy atom. The van der Waals surface area contributed by atoms with Crippen molar-refractivity contribution in [2.24, 2.45) is 0 Å². The number of carbonyl (C=O) groups is 1. The van der Waals surface area contributed by atoms with E-state index >= 15 is 0 Å². The molecule has 9 heteroatoms. The second kappa shape index (κ2) is 8.78. The van der Waals surface area contributed by atoms with Crippen molar-refractivity contribution in [3.63, 3.8) is 0 Å². The average molecular weight is 419 g/mol. The maximum Gasteiger partial charge on any atom is 0.353 e. The van der Waals surface area contributed by atoms with Crippen molar-refractivity contribution in [1.29, 1.82) is 0 Å². The highest BCUT2D eigenvalue weighted by atomic mass is 16.6. The summed E-state index contributed by atoms with van der Waals surface area (Å²) in [5.74, 6) is -0.0485. The van der Waals surface area contributed by atoms with E-state index < -0.39 is 10.9 Å². The number of hydrogen-bond donors (Lipinski definition) is 1. The normalized spacial score (nSPS) is 12.7. The number of nitrogens with one attached hydrogen (secondary N) is 1. The number of ether oxygens (including phenoxy) is 1. The van der Waals surface area contributed by atoms with Crippen LogP contribution in [0.25, 0.3) is 0 Å². The van der Waals surface area contributed by atoms with Gasteiger partial charge in [0, 0.05) is 18.8 Å². The summed E-state index contributed by atoms with van der Waals surface area (Å²) < 4.78 is 4.97. The lowest BCUT2D eigenvalue weighted by molar-refractivity contribution is -0.383. The summed E-state index contributed by atoms with van der Waals surface area (Å²) in [6.07, 6.45) is 2.10. The van der Waals surface area contributed by atoms with E-state index in [4.69, 9.17) is 4.74 Å². The van der Waals surface area contributed by atoms with Gasteiger partial charge in [-0.3, -0.25) is 10.1 Å². The summed E-state index contributed by atoms with van der Waals surface area (Å²) in [4.78, 5) is 33.5. The quantitative estimate of drug-likeness (QED) is 0.364. The minimum Gasteiger partial charge on any atom is -0.462 e. The van der Waals surface area contributed by atoms with Gasteiger partial charge in [-0.2, -0.15) is 0 Å². The van der Waals surface area contributed by atoms with Crippen LogP contribution in [0.4, 0.5) is 23.0 Å². The molecule has 0 radical (unpaired) electrons. The summed E-state index contributed by atoms with van der Waals surface area (Å²) in [7, 11) is 0. The molecule has 4 rings (SSSR count). The summed E-state index contributed by atoms with van der Waals surface area (Å²) in [5.41, 5.74) is 3.15. The fourth-order valence-electron chi connectivity index (χ4n) is 3.58. The van der Waals surface area contributed by atoms with Gasteiger partial charge >= 0.3 is 11.7 Å². The minimum absolute atomic E-state index is 0.0951. The van der Waals surface area contributed by atoms with Crippen LogP contribution in [0.15, 0.2) is 54.9 Å². The SMILES string of the molecule is CCOC(=O)c1ccc(Nc2ncnc(N3CCc4ccccc4C3)c2[N+](=O)[O-])cc1. The number of rotatable bonds is 6. The van der Waals surface area contributed by atoms with E-state index in [9.17, 15) is 14.9 Å². The van der Waals surface area contributed by atoms with Crippen LogP contribution in [-0.2, 0) is 17.7 Å². The van der Waals surface area contributed by atoms with E-state index in [2.05, 4.69) is 21.4 Å². The topological polar surface area (TPSA) is 110 Å². The summed E-state index contributed by atoms with van der Waals surface area (Å²) in [6.45, 7) is 3.19. The zero-order chi connectivity index (χ0) is 21.8. The van der Waals surface area contributed by atoms with Crippen molar-refractivity contribution in [3.8, 4) is 0 Å². The van der Waals surface area contributed by atoms with Gasteiger partial charge in [0.1, 0.15) is 6.33 Å². The van der Waals surface area contributed by atoms with Gasteiger partial charge < -0.3 is 15.0 Å². The molecular weight excluding hydrogens is 398 g/mol. The van der Waals surface area contributed by atoms with Gasteiger partial charge in [-0.15, -0.1) is 0 Å². The van der Waals surface area contributed by atoms with Crippen molar-refractivity contribution in [2.75, 3.05) is 23.4 Å². The highest BCUT2D eigenvalue weighted by Gasteiger charge is 2.29. The van der Waals surface area contributed by atoms with Gasteiger partial charge in [-0.25, -0.2) is 14.8 Å². The highest BCUT2D eigenvalue weighted by Crippen LogP contribution is 2.35. The Hall–Kier alpha value is -4.01. The molecule has 9 nitrogen and oxygen atoms in total. The standard InChI is InChI=1S/C22H21N5O4/c1-2-31-22(28)16-7-9-18(10-8-16)25-20-19(27(29)30)21(24-14-23-20)26-12-11-15-5-3-4-6-17(15)13-26/h3-10,14H,2,11-13H2,1H3,(H,23,24,25). The third-order valence-corrected chi connectivity index (χ3v) is 5.07. The number of aromatic nitrogens is 2. The van der Waals surface area contributed by atoms with Crippen molar-refractivity contribution < 1.29 is 14.5 Å². The lowest BCUT2D eigenvalue weighted by atomic mass is 10.00. The predicted octanol–water partition coefficient (Wildman–Crippen LogP) is 3.87. The van der Waals surface area contributed by atoms with Gasteiger partial charge in [-0.1, -0.05) is 24.3 Å². The largest absolute Gasteiger partial charge is 0.462 e. The van der Waals surface area contributed by atoms with Gasteiger partial charge in [0.2, 0.25) is 11.6 Å². The number of hydrogen-bond acceptors (Lipinski definition) is 8. The van der Waals surface area contributed by atoms with Crippen molar-refractivity contribution >= 4 is 29.0 Å². The number of carbonyl (C=O) groups excluding carboxylic acids is 1. The molecule has 2 aromatic carbocycles. The predicted molar refractivity (Wildman–Crippen MR) is 116 cm³/mol. The van der Waals surface area contributed by atoms with Crippen LogP contribution in [0.5, 0.6) is 0 Å². The van der Waals surface area contributed by atoms with Gasteiger partial charge in [0.15, 0.2) is 0 Å². The monoisotopic (exact) mass is 419 g/mol. The van der Waals surface area contributed by atoms with E-state index in [1.54, 1.807) is 31.2 Å². The molecule has 0 bridgehead atoms. The van der Waals surface area contributed by atoms with Crippen LogP contribution < -0.4 is 10.2 Å². The summed E-state index contributed by atoms with van der Waals surface area (Å²) in [5, 5.41) is 14.9. The van der Waals surface area contributed by atoms with Crippen molar-refractivity contribution in [1.82, 2.24) is 9.97 Å². The molecule has 0 spiro atoms. The molecule has 1 aliphatic heterocycles. The maximum absolute atomic E-state index is 11.9. The number of esters is 1. The first-order valence-electron chi connectivity index (χ1n) is 9.92. The molecule has 0 amide bonds. The van der Waals surface area contributed by atoms with Crippen LogP contribution in [0.3, 0.4) is 0 Å². The molecule has 1 aliphatic rings. The van der Waals surface area contributed by atoms with Crippen molar-refractivity contribution in [3.05, 3.63) is 81.7 Å². The molecular formula is C22H21N5O4. The maximum atomic E-state index is 11.9. The molecule has 0 unspecified atom stereocenters. The number of fused-ring (bicyclic) bond motifs is 1. The zero-order valence-corrected chi connectivity index (χ0v) is 16.9. The van der Waals surface area contributed by atoms with E-state index in [1.807, 2.05) is 23.1 Å². The van der Waals surface area contributed by atoms with E-state index in [0.717, 1.165) is 12.0 Å². The lowest BCUT2D eigenvalue weighted by Gasteiger charge is -2.29. The molecule has 2 heterocycles. The third kappa shape index (κ3) is 4.30. The van der Waals surface area contributed by atoms with Crippen LogP contribution in [0, 0.1) is 10.1 Å². The first-order chi connectivity index (χ1) is 15.1. The molecule has 0 aliphatic carbocycles. The molecule has 1 aromatic heterocycles. The third-order valence-electron chi connectivity index (χ3n) is 5.07. The van der Waals surface area contributed by atoms with E-state index in [1.165, 1.54) is 11.9 Å². The van der Waals surface area contributed by atoms with Crippen LogP contribution in [0.1, 0.15) is 28.4 Å². The molecule has 0 fully saturated rings. The van der Waals surface area contributed by atoms with E-state index in [-0.39, 0.29) is 23.9 Å². The Balaban J connectivity index is 1.61. The van der Waals surface area contributed by atoms with Gasteiger partial charge in [0.05, 0.1) is 17.1 Å².